The van der Waals surface area contributed by atoms with E-state index in [-0.39, 0.29) is 5.92 Å². The highest BCUT2D eigenvalue weighted by molar-refractivity contribution is 5.13. The molecule has 0 saturated heterocycles. The maximum atomic E-state index is 10.2. The van der Waals surface area contributed by atoms with E-state index >= 15 is 0 Å². The Labute approximate surface area is 129 Å². The normalized spacial score (nSPS) is 12.0. The summed E-state index contributed by atoms with van der Waals surface area (Å²) in [6, 6.07) is 10.1. The fourth-order valence-corrected chi connectivity index (χ4v) is 2.06. The lowest BCUT2D eigenvalue weighted by Gasteiger charge is -2.16. The van der Waals surface area contributed by atoms with Crippen LogP contribution in [0.2, 0.25) is 0 Å². The number of aliphatic hydroxyl groups excluding tert-OH is 1. The molecule has 0 aliphatic heterocycles. The minimum atomic E-state index is -0.401. The van der Waals surface area contributed by atoms with E-state index in [9.17, 15) is 5.11 Å². The number of rotatable bonds is 9. The van der Waals surface area contributed by atoms with Crippen LogP contribution in [0.15, 0.2) is 47.7 Å². The summed E-state index contributed by atoms with van der Waals surface area (Å²) in [5.74, 6) is 0.225. The van der Waals surface area contributed by atoms with Gasteiger partial charge in [0, 0.05) is 5.57 Å². The van der Waals surface area contributed by atoms with Crippen molar-refractivity contribution < 1.29 is 9.84 Å². The molecule has 1 aromatic rings. The smallest absolute Gasteiger partial charge is 0.0846 e. The molecule has 1 atom stereocenters. The highest BCUT2D eigenvalue weighted by Crippen LogP contribution is 2.17. The van der Waals surface area contributed by atoms with E-state index in [1.165, 1.54) is 5.56 Å². The first-order chi connectivity index (χ1) is 10.1. The first-order valence-electron chi connectivity index (χ1n) is 7.88. The van der Waals surface area contributed by atoms with Crippen molar-refractivity contribution in [3.63, 3.8) is 0 Å². The lowest BCUT2D eigenvalue weighted by Crippen LogP contribution is -2.17. The molecule has 21 heavy (non-hydrogen) atoms. The van der Waals surface area contributed by atoms with Crippen molar-refractivity contribution in [1.82, 2.24) is 0 Å². The van der Waals surface area contributed by atoms with Crippen LogP contribution < -0.4 is 0 Å². The zero-order valence-corrected chi connectivity index (χ0v) is 13.5. The largest absolute Gasteiger partial charge is 0.388 e. The molecule has 0 aliphatic carbocycles. The maximum Gasteiger partial charge on any atom is 0.0846 e. The zero-order valence-electron chi connectivity index (χ0n) is 13.5. The van der Waals surface area contributed by atoms with Gasteiger partial charge in [0.2, 0.25) is 0 Å². The summed E-state index contributed by atoms with van der Waals surface area (Å²) in [4.78, 5) is 0. The molecule has 116 valence electrons. The summed E-state index contributed by atoms with van der Waals surface area (Å²) in [5, 5.41) is 10.2. The van der Waals surface area contributed by atoms with Crippen molar-refractivity contribution in [2.45, 2.75) is 52.7 Å². The average Bonchev–Trinajstić information content (AvgIpc) is 2.50. The lowest BCUT2D eigenvalue weighted by molar-refractivity contribution is 0.148. The molecule has 0 saturated carbocycles. The van der Waals surface area contributed by atoms with Crippen molar-refractivity contribution >= 4 is 0 Å². The van der Waals surface area contributed by atoms with Gasteiger partial charge in [-0.15, -0.1) is 5.73 Å². The minimum Gasteiger partial charge on any atom is -0.388 e. The van der Waals surface area contributed by atoms with Gasteiger partial charge < -0.3 is 9.84 Å². The second-order valence-electron chi connectivity index (χ2n) is 5.67. The Morgan fingerprint density at radius 2 is 2.00 bits per heavy atom. The summed E-state index contributed by atoms with van der Waals surface area (Å²) in [6.45, 7) is 7.35. The van der Waals surface area contributed by atoms with Crippen LogP contribution in [0, 0.1) is 5.92 Å². The third kappa shape index (κ3) is 7.29. The van der Waals surface area contributed by atoms with Gasteiger partial charge >= 0.3 is 0 Å². The minimum absolute atomic E-state index is 0.225. The number of hydrogen-bond acceptors (Lipinski definition) is 2. The number of hydrogen-bond donors (Lipinski definition) is 1. The molecule has 0 aromatic heterocycles. The average molecular weight is 288 g/mol. The Morgan fingerprint density at radius 3 is 2.62 bits per heavy atom. The summed E-state index contributed by atoms with van der Waals surface area (Å²) in [5.41, 5.74) is 5.40. The maximum absolute atomic E-state index is 10.2. The van der Waals surface area contributed by atoms with Gasteiger partial charge in [-0.1, -0.05) is 57.5 Å². The van der Waals surface area contributed by atoms with Gasteiger partial charge in [-0.3, -0.25) is 0 Å². The molecule has 2 heteroatoms. The fraction of sp³-hybridized carbons (Fsp3) is 0.526. The molecule has 0 aliphatic rings. The summed E-state index contributed by atoms with van der Waals surface area (Å²) in [7, 11) is 0. The molecule has 1 N–H and O–H groups in total. The van der Waals surface area contributed by atoms with Crippen LogP contribution in [-0.2, 0) is 11.3 Å². The van der Waals surface area contributed by atoms with Gasteiger partial charge in [0.05, 0.1) is 19.3 Å². The van der Waals surface area contributed by atoms with Crippen molar-refractivity contribution in [3.05, 3.63) is 53.3 Å². The molecule has 2 nitrogen and oxygen atoms in total. The quantitative estimate of drug-likeness (QED) is 0.536. The third-order valence-electron chi connectivity index (χ3n) is 3.39. The molecule has 0 bridgehead atoms. The fourth-order valence-electron chi connectivity index (χ4n) is 2.06. The van der Waals surface area contributed by atoms with E-state index in [0.29, 0.717) is 13.2 Å². The summed E-state index contributed by atoms with van der Waals surface area (Å²) < 4.78 is 5.60. The molecule has 0 spiro atoms. The van der Waals surface area contributed by atoms with Gasteiger partial charge in [0.15, 0.2) is 0 Å². The lowest BCUT2D eigenvalue weighted by atomic mass is 9.95. The monoisotopic (exact) mass is 288 g/mol. The Morgan fingerprint density at radius 1 is 1.29 bits per heavy atom. The molecule has 0 fully saturated rings. The van der Waals surface area contributed by atoms with E-state index in [2.05, 4.69) is 24.8 Å². The van der Waals surface area contributed by atoms with E-state index in [4.69, 9.17) is 4.74 Å². The Bertz CT molecular complexity index is 442. The van der Waals surface area contributed by atoms with Gasteiger partial charge in [0.25, 0.3) is 0 Å². The van der Waals surface area contributed by atoms with Crippen molar-refractivity contribution in [2.24, 2.45) is 5.92 Å². The number of unbranched alkanes of at least 4 members (excludes halogenated alkanes) is 1. The zero-order chi connectivity index (χ0) is 15.5. The first kappa shape index (κ1) is 17.7. The van der Waals surface area contributed by atoms with Gasteiger partial charge in [0.1, 0.15) is 0 Å². The first-order valence-corrected chi connectivity index (χ1v) is 7.88. The van der Waals surface area contributed by atoms with Crippen LogP contribution in [-0.4, -0.2) is 17.8 Å². The SMILES string of the molecule is CCCCC(=C=CCOCc1ccccc1)[C@H](O)C(C)C. The Hall–Kier alpha value is -1.34. The Kier molecular flexibility index (Phi) is 8.77. The highest BCUT2D eigenvalue weighted by atomic mass is 16.5. The van der Waals surface area contributed by atoms with Crippen molar-refractivity contribution in [2.75, 3.05) is 6.61 Å². The van der Waals surface area contributed by atoms with E-state index in [0.717, 1.165) is 24.8 Å². The molecule has 0 radical (unpaired) electrons. The van der Waals surface area contributed by atoms with E-state index in [1.54, 1.807) is 0 Å². The van der Waals surface area contributed by atoms with Crippen LogP contribution in [0.5, 0.6) is 0 Å². The predicted molar refractivity (Wildman–Crippen MR) is 88.1 cm³/mol. The topological polar surface area (TPSA) is 29.5 Å². The summed E-state index contributed by atoms with van der Waals surface area (Å²) >= 11 is 0. The van der Waals surface area contributed by atoms with E-state index in [1.807, 2.05) is 38.1 Å². The van der Waals surface area contributed by atoms with Crippen LogP contribution in [0.3, 0.4) is 0 Å². The molecule has 0 amide bonds. The molecular weight excluding hydrogens is 260 g/mol. The van der Waals surface area contributed by atoms with Gasteiger partial charge in [-0.05, 0) is 30.4 Å². The number of aliphatic hydroxyl groups is 1. The Balaban J connectivity index is 2.50. The predicted octanol–water partition coefficient (Wildman–Crippen LogP) is 4.49. The number of ether oxygens (including phenoxy) is 1. The van der Waals surface area contributed by atoms with Crippen LogP contribution in [0.25, 0.3) is 0 Å². The van der Waals surface area contributed by atoms with Gasteiger partial charge in [-0.2, -0.15) is 0 Å². The molecule has 0 heterocycles. The molecule has 0 unspecified atom stereocenters. The van der Waals surface area contributed by atoms with Crippen molar-refractivity contribution in [3.8, 4) is 0 Å². The standard InChI is InChI=1S/C19H28O2/c1-4-5-12-18(19(20)16(2)3)13-9-14-21-15-17-10-7-6-8-11-17/h6-11,16,19-20H,4-5,12,14-15H2,1-3H3/t13?,19-/m1/s1. The van der Waals surface area contributed by atoms with Gasteiger partial charge in [-0.25, -0.2) is 0 Å². The van der Waals surface area contributed by atoms with Crippen molar-refractivity contribution in [1.29, 1.82) is 0 Å². The third-order valence-corrected chi connectivity index (χ3v) is 3.39. The second kappa shape index (κ2) is 10.4. The second-order valence-corrected chi connectivity index (χ2v) is 5.67. The molecule has 1 aromatic carbocycles. The van der Waals surface area contributed by atoms with Crippen LogP contribution in [0.4, 0.5) is 0 Å². The molecule has 1 rings (SSSR count). The highest BCUT2D eigenvalue weighted by Gasteiger charge is 2.13. The van der Waals surface area contributed by atoms with Crippen LogP contribution in [0.1, 0.15) is 45.6 Å². The van der Waals surface area contributed by atoms with E-state index < -0.39 is 6.10 Å². The number of benzene rings is 1. The molecular formula is C19H28O2. The van der Waals surface area contributed by atoms with Crippen LogP contribution >= 0.6 is 0 Å². The summed E-state index contributed by atoms with van der Waals surface area (Å²) in [6.07, 6.45) is 4.61.